The van der Waals surface area contributed by atoms with Crippen molar-refractivity contribution in [2.24, 2.45) is 4.99 Å². The molecule has 0 bridgehead atoms. The highest BCUT2D eigenvalue weighted by Gasteiger charge is 2.36. The minimum atomic E-state index is -0.834. The molecule has 0 aromatic heterocycles. The first-order chi connectivity index (χ1) is 18.0. The van der Waals surface area contributed by atoms with E-state index >= 15 is 0 Å². The molecule has 2 amide bonds. The summed E-state index contributed by atoms with van der Waals surface area (Å²) in [5, 5.41) is 14.9. The van der Waals surface area contributed by atoms with Gasteiger partial charge in [-0.1, -0.05) is 23.7 Å². The molecule has 4 rings (SSSR count). The van der Waals surface area contributed by atoms with Crippen LogP contribution in [0.4, 0.5) is 28.4 Å². The van der Waals surface area contributed by atoms with E-state index in [1.807, 2.05) is 19.0 Å². The standard InChI is InChI=1S/C27H27ClN6O4/c1-16(35)33(13-12-32(2)3)20-8-6-19(7-9-20)30-26(17-4-11-22(29)24(14-17)34(37)38)25-21-10-5-18(28)15-23(21)31-27(25)36/h4-11,14-15,25H,12-13,29H2,1-3H3,(H,31,36). The summed E-state index contributed by atoms with van der Waals surface area (Å²) in [4.78, 5) is 44.8. The number of nitrogens with one attached hydrogen (secondary N) is 1. The Bertz CT molecular complexity index is 1440. The quantitative estimate of drug-likeness (QED) is 0.188. The summed E-state index contributed by atoms with van der Waals surface area (Å²) in [6.45, 7) is 2.73. The number of nitro groups is 1. The maximum atomic E-state index is 13.1. The lowest BCUT2D eigenvalue weighted by Gasteiger charge is -2.23. The predicted molar refractivity (Wildman–Crippen MR) is 150 cm³/mol. The van der Waals surface area contributed by atoms with Crippen LogP contribution in [0.2, 0.25) is 5.02 Å². The molecule has 3 aromatic carbocycles. The van der Waals surface area contributed by atoms with Gasteiger partial charge in [-0.05, 0) is 62.1 Å². The average Bonchev–Trinajstić information content (AvgIpc) is 3.17. The Labute approximate surface area is 224 Å². The third-order valence-corrected chi connectivity index (χ3v) is 6.44. The molecule has 0 spiro atoms. The van der Waals surface area contributed by atoms with Crippen LogP contribution in [-0.4, -0.2) is 54.5 Å². The van der Waals surface area contributed by atoms with Gasteiger partial charge in [0.05, 0.1) is 16.3 Å². The Morgan fingerprint density at radius 1 is 1.11 bits per heavy atom. The number of amides is 2. The van der Waals surface area contributed by atoms with Crippen LogP contribution in [-0.2, 0) is 9.59 Å². The topological polar surface area (TPSA) is 134 Å². The molecule has 0 saturated heterocycles. The second kappa shape index (κ2) is 11.0. The molecule has 0 radical (unpaired) electrons. The van der Waals surface area contributed by atoms with Gasteiger partial charge in [-0.15, -0.1) is 0 Å². The third kappa shape index (κ3) is 5.66. The van der Waals surface area contributed by atoms with E-state index in [0.717, 1.165) is 0 Å². The maximum absolute atomic E-state index is 13.1. The lowest BCUT2D eigenvalue weighted by Crippen LogP contribution is -2.35. The maximum Gasteiger partial charge on any atom is 0.292 e. The molecule has 0 fully saturated rings. The van der Waals surface area contributed by atoms with Gasteiger partial charge in [-0.25, -0.2) is 0 Å². The molecule has 3 aromatic rings. The highest BCUT2D eigenvalue weighted by Crippen LogP contribution is 2.38. The number of aliphatic imine (C=N–C) groups is 1. The van der Waals surface area contributed by atoms with Gasteiger partial charge in [-0.3, -0.25) is 24.7 Å². The molecule has 3 N–H and O–H groups in total. The number of fused-ring (bicyclic) bond motifs is 1. The largest absolute Gasteiger partial charge is 0.393 e. The van der Waals surface area contributed by atoms with Crippen molar-refractivity contribution in [3.05, 3.63) is 86.9 Å². The number of halogens is 1. The van der Waals surface area contributed by atoms with Crippen molar-refractivity contribution >= 4 is 57.6 Å². The van der Waals surface area contributed by atoms with E-state index in [-0.39, 0.29) is 23.2 Å². The molecule has 10 nitrogen and oxygen atoms in total. The number of nitrogens with zero attached hydrogens (tertiary/aromatic N) is 4. The first kappa shape index (κ1) is 26.8. The Kier molecular flexibility index (Phi) is 7.75. The number of likely N-dealkylation sites (N-methyl/N-ethyl adjacent to an activating group) is 1. The molecular weight excluding hydrogens is 508 g/mol. The second-order valence-electron chi connectivity index (χ2n) is 9.17. The Morgan fingerprint density at radius 2 is 1.82 bits per heavy atom. The van der Waals surface area contributed by atoms with Crippen LogP contribution in [0.1, 0.15) is 24.0 Å². The van der Waals surface area contributed by atoms with E-state index in [9.17, 15) is 19.7 Å². The minimum absolute atomic E-state index is 0.00700. The van der Waals surface area contributed by atoms with E-state index in [2.05, 4.69) is 5.32 Å². The summed E-state index contributed by atoms with van der Waals surface area (Å²) < 4.78 is 0. The zero-order valence-corrected chi connectivity index (χ0v) is 21.9. The van der Waals surface area contributed by atoms with Crippen LogP contribution in [0, 0.1) is 10.1 Å². The normalized spacial score (nSPS) is 14.8. The molecule has 1 heterocycles. The van der Waals surface area contributed by atoms with Gasteiger partial charge in [0.15, 0.2) is 0 Å². The van der Waals surface area contributed by atoms with Gasteiger partial charge in [0.25, 0.3) is 5.69 Å². The van der Waals surface area contributed by atoms with E-state index < -0.39 is 10.8 Å². The number of anilines is 3. The van der Waals surface area contributed by atoms with Crippen LogP contribution in [0.5, 0.6) is 0 Å². The van der Waals surface area contributed by atoms with Crippen LogP contribution in [0.25, 0.3) is 0 Å². The number of benzene rings is 3. The number of carbonyl (C=O) groups is 2. The average molecular weight is 535 g/mol. The summed E-state index contributed by atoms with van der Waals surface area (Å²) in [5.41, 5.74) is 8.67. The highest BCUT2D eigenvalue weighted by atomic mass is 35.5. The van der Waals surface area contributed by atoms with Crippen molar-refractivity contribution in [1.29, 1.82) is 0 Å². The van der Waals surface area contributed by atoms with E-state index in [1.54, 1.807) is 53.4 Å². The first-order valence-corrected chi connectivity index (χ1v) is 12.2. The first-order valence-electron chi connectivity index (χ1n) is 11.8. The molecular formula is C27H27ClN6O4. The van der Waals surface area contributed by atoms with Crippen LogP contribution < -0.4 is 16.0 Å². The number of nitro benzene ring substituents is 1. The van der Waals surface area contributed by atoms with Crippen molar-refractivity contribution in [3.63, 3.8) is 0 Å². The number of nitrogens with two attached hydrogens (primary N) is 1. The van der Waals surface area contributed by atoms with Crippen molar-refractivity contribution in [3.8, 4) is 0 Å². The smallest absolute Gasteiger partial charge is 0.292 e. The summed E-state index contributed by atoms with van der Waals surface area (Å²) in [7, 11) is 3.87. The molecule has 1 unspecified atom stereocenters. The van der Waals surface area contributed by atoms with Crippen molar-refractivity contribution in [1.82, 2.24) is 4.90 Å². The van der Waals surface area contributed by atoms with Gasteiger partial charge >= 0.3 is 0 Å². The fourth-order valence-electron chi connectivity index (χ4n) is 4.28. The number of hydrogen-bond donors (Lipinski definition) is 2. The summed E-state index contributed by atoms with van der Waals surface area (Å²) in [6.07, 6.45) is 0. The van der Waals surface area contributed by atoms with E-state index in [4.69, 9.17) is 22.3 Å². The van der Waals surface area contributed by atoms with Gasteiger partial charge < -0.3 is 20.9 Å². The zero-order chi connectivity index (χ0) is 27.6. The molecule has 1 aliphatic heterocycles. The SMILES string of the molecule is CC(=O)N(CCN(C)C)c1ccc(N=C(c2ccc(N)c([N+](=O)[O-])c2)C2C(=O)Nc3cc(Cl)ccc32)cc1. The highest BCUT2D eigenvalue weighted by molar-refractivity contribution is 6.31. The number of carbonyl (C=O) groups excluding carboxylic acids is 2. The monoisotopic (exact) mass is 534 g/mol. The van der Waals surface area contributed by atoms with Crippen molar-refractivity contribution in [2.45, 2.75) is 12.8 Å². The Hall–Kier alpha value is -4.28. The second-order valence-corrected chi connectivity index (χ2v) is 9.61. The van der Waals surface area contributed by atoms with Gasteiger partial charge in [0.1, 0.15) is 11.6 Å². The third-order valence-electron chi connectivity index (χ3n) is 6.20. The van der Waals surface area contributed by atoms with E-state index in [0.29, 0.717) is 52.0 Å². The van der Waals surface area contributed by atoms with Gasteiger partial charge in [0.2, 0.25) is 11.8 Å². The van der Waals surface area contributed by atoms with Gasteiger partial charge in [-0.2, -0.15) is 0 Å². The number of nitrogen functional groups attached to an aromatic ring is 1. The molecule has 38 heavy (non-hydrogen) atoms. The van der Waals surface area contributed by atoms with E-state index in [1.165, 1.54) is 19.1 Å². The zero-order valence-electron chi connectivity index (χ0n) is 21.1. The molecule has 1 atom stereocenters. The van der Waals surface area contributed by atoms with Crippen LogP contribution in [0.15, 0.2) is 65.7 Å². The molecule has 0 saturated carbocycles. The van der Waals surface area contributed by atoms with Crippen molar-refractivity contribution in [2.75, 3.05) is 43.1 Å². The summed E-state index contributed by atoms with van der Waals surface area (Å²) >= 11 is 6.12. The number of hydrogen-bond acceptors (Lipinski definition) is 7. The number of rotatable bonds is 8. The predicted octanol–water partition coefficient (Wildman–Crippen LogP) is 4.60. The summed E-state index contributed by atoms with van der Waals surface area (Å²) in [5.74, 6) is -1.25. The Balaban J connectivity index is 1.80. The van der Waals surface area contributed by atoms with Crippen LogP contribution >= 0.6 is 11.6 Å². The van der Waals surface area contributed by atoms with Gasteiger partial charge in [0, 0.05) is 48.0 Å². The lowest BCUT2D eigenvalue weighted by atomic mass is 9.90. The molecule has 0 aliphatic carbocycles. The lowest BCUT2D eigenvalue weighted by molar-refractivity contribution is -0.383. The molecule has 196 valence electrons. The molecule has 1 aliphatic rings. The summed E-state index contributed by atoms with van der Waals surface area (Å²) in [6, 6.07) is 16.5. The molecule has 11 heteroatoms. The minimum Gasteiger partial charge on any atom is -0.393 e. The fraction of sp³-hybridized carbons (Fsp3) is 0.222. The van der Waals surface area contributed by atoms with Crippen LogP contribution in [0.3, 0.4) is 0 Å². The fourth-order valence-corrected chi connectivity index (χ4v) is 4.45. The Morgan fingerprint density at radius 3 is 2.45 bits per heavy atom. The van der Waals surface area contributed by atoms with Crippen molar-refractivity contribution < 1.29 is 14.5 Å².